The first-order valence-electron chi connectivity index (χ1n) is 11.4. The number of hydrogen-bond acceptors (Lipinski definition) is 6. The number of aromatic nitrogens is 2. The van der Waals surface area contributed by atoms with Gasteiger partial charge in [0.1, 0.15) is 10.6 Å². The van der Waals surface area contributed by atoms with E-state index in [9.17, 15) is 4.79 Å². The Morgan fingerprint density at radius 1 is 1.09 bits per heavy atom. The van der Waals surface area contributed by atoms with Crippen LogP contribution in [-0.4, -0.2) is 34.1 Å². The molecule has 3 heterocycles. The molecule has 0 saturated carbocycles. The summed E-state index contributed by atoms with van der Waals surface area (Å²) < 4.78 is 7.39. The van der Waals surface area contributed by atoms with Gasteiger partial charge in [-0.1, -0.05) is 49.0 Å². The van der Waals surface area contributed by atoms with Gasteiger partial charge < -0.3 is 4.74 Å². The summed E-state index contributed by atoms with van der Waals surface area (Å²) >= 11 is 3.29. The smallest absolute Gasteiger partial charge is 0.267 e. The molecule has 5 rings (SSSR count). The number of thioether (sulfide) groups is 1. The monoisotopic (exact) mass is 477 g/mol. The summed E-state index contributed by atoms with van der Waals surface area (Å²) in [4.78, 5) is 23.5. The molecule has 0 spiro atoms. The Bertz CT molecular complexity index is 1310. The van der Waals surface area contributed by atoms with Crippen LogP contribution < -0.4 is 10.3 Å². The van der Waals surface area contributed by atoms with Crippen LogP contribution >= 0.6 is 23.1 Å². The van der Waals surface area contributed by atoms with Crippen molar-refractivity contribution in [1.82, 2.24) is 14.5 Å². The summed E-state index contributed by atoms with van der Waals surface area (Å²) in [5.41, 5.74) is 3.25. The van der Waals surface area contributed by atoms with Crippen LogP contribution in [0.4, 0.5) is 0 Å². The predicted octanol–water partition coefficient (Wildman–Crippen LogP) is 5.52. The minimum atomic E-state index is 0.0298. The van der Waals surface area contributed by atoms with E-state index >= 15 is 0 Å². The fourth-order valence-electron chi connectivity index (χ4n) is 4.25. The van der Waals surface area contributed by atoms with Crippen LogP contribution in [0.15, 0.2) is 64.5 Å². The molecule has 0 bridgehead atoms. The molecule has 0 radical (unpaired) electrons. The largest absolute Gasteiger partial charge is 0.494 e. The van der Waals surface area contributed by atoms with Crippen molar-refractivity contribution in [3.05, 3.63) is 81.0 Å². The SMILES string of the molecule is CCOc1ccc(-n2c(SCc3ccccc3)nc3sc4c(c3c2=O)CCN(CC)C4)cc1. The molecule has 0 fully saturated rings. The molecule has 5 nitrogen and oxygen atoms in total. The van der Waals surface area contributed by atoms with E-state index in [0.29, 0.717) is 6.61 Å². The fraction of sp³-hybridized carbons (Fsp3) is 0.308. The molecule has 0 saturated heterocycles. The lowest BCUT2D eigenvalue weighted by Crippen LogP contribution is -2.30. The van der Waals surface area contributed by atoms with Crippen molar-refractivity contribution in [2.24, 2.45) is 0 Å². The maximum Gasteiger partial charge on any atom is 0.267 e. The second kappa shape index (κ2) is 9.71. The Hall–Kier alpha value is -2.61. The van der Waals surface area contributed by atoms with E-state index < -0.39 is 0 Å². The highest BCUT2D eigenvalue weighted by atomic mass is 32.2. The van der Waals surface area contributed by atoms with Crippen LogP contribution in [0.1, 0.15) is 29.9 Å². The zero-order valence-electron chi connectivity index (χ0n) is 18.9. The molecular formula is C26H27N3O2S2. The summed E-state index contributed by atoms with van der Waals surface area (Å²) in [5, 5.41) is 1.52. The lowest BCUT2D eigenvalue weighted by molar-refractivity contribution is 0.272. The Balaban J connectivity index is 1.62. The van der Waals surface area contributed by atoms with Crippen molar-refractivity contribution < 1.29 is 4.74 Å². The summed E-state index contributed by atoms with van der Waals surface area (Å²) in [6, 6.07) is 18.0. The highest BCUT2D eigenvalue weighted by molar-refractivity contribution is 7.98. The quantitative estimate of drug-likeness (QED) is 0.259. The first kappa shape index (κ1) is 22.2. The van der Waals surface area contributed by atoms with Gasteiger partial charge >= 0.3 is 0 Å². The third-order valence-corrected chi connectivity index (χ3v) is 8.11. The standard InChI is InChI=1S/C26H27N3O2S2/c1-3-28-15-14-21-22(16-28)33-24-23(21)25(30)29(19-10-12-20(13-11-19)31-4-2)26(27-24)32-17-18-8-6-5-7-9-18/h5-13H,3-4,14-17H2,1-2H3. The number of likely N-dealkylation sites (N-methyl/N-ethyl adjacent to an activating group) is 1. The Morgan fingerprint density at radius 3 is 2.61 bits per heavy atom. The van der Waals surface area contributed by atoms with E-state index in [2.05, 4.69) is 24.0 Å². The maximum atomic E-state index is 13.9. The molecule has 0 aliphatic carbocycles. The molecule has 2 aromatic carbocycles. The zero-order valence-corrected chi connectivity index (χ0v) is 20.5. The highest BCUT2D eigenvalue weighted by Crippen LogP contribution is 2.35. The van der Waals surface area contributed by atoms with Crippen LogP contribution in [0.5, 0.6) is 5.75 Å². The van der Waals surface area contributed by atoms with Gasteiger partial charge in [0.2, 0.25) is 0 Å². The first-order chi connectivity index (χ1) is 16.2. The minimum absolute atomic E-state index is 0.0298. The van der Waals surface area contributed by atoms with E-state index in [1.54, 1.807) is 27.7 Å². The van der Waals surface area contributed by atoms with E-state index in [1.165, 1.54) is 16.0 Å². The van der Waals surface area contributed by atoms with Crippen molar-refractivity contribution in [3.63, 3.8) is 0 Å². The average molecular weight is 478 g/mol. The predicted molar refractivity (Wildman–Crippen MR) is 137 cm³/mol. The van der Waals surface area contributed by atoms with Crippen LogP contribution in [0.2, 0.25) is 0 Å². The second-order valence-electron chi connectivity index (χ2n) is 8.04. The highest BCUT2D eigenvalue weighted by Gasteiger charge is 2.25. The molecule has 170 valence electrons. The molecule has 2 aromatic heterocycles. The molecule has 0 amide bonds. The first-order valence-corrected chi connectivity index (χ1v) is 13.2. The van der Waals surface area contributed by atoms with E-state index in [4.69, 9.17) is 9.72 Å². The van der Waals surface area contributed by atoms with Crippen LogP contribution in [0.25, 0.3) is 15.9 Å². The third-order valence-electron chi connectivity index (χ3n) is 5.99. The Morgan fingerprint density at radius 2 is 1.88 bits per heavy atom. The number of nitrogens with zero attached hydrogens (tertiary/aromatic N) is 3. The Kier molecular flexibility index (Phi) is 6.53. The van der Waals surface area contributed by atoms with Crippen molar-refractivity contribution >= 4 is 33.3 Å². The van der Waals surface area contributed by atoms with E-state index in [0.717, 1.165) is 58.6 Å². The molecule has 0 atom stereocenters. The third kappa shape index (κ3) is 4.45. The summed E-state index contributed by atoms with van der Waals surface area (Å²) in [5.74, 6) is 1.55. The molecule has 0 N–H and O–H groups in total. The van der Waals surface area contributed by atoms with Gasteiger partial charge in [0.05, 0.1) is 17.7 Å². The molecule has 1 aliphatic heterocycles. The zero-order chi connectivity index (χ0) is 22.8. The normalized spacial score (nSPS) is 13.9. The molecule has 1 aliphatic rings. The van der Waals surface area contributed by atoms with Gasteiger partial charge in [-0.15, -0.1) is 11.3 Å². The van der Waals surface area contributed by atoms with E-state index in [-0.39, 0.29) is 5.56 Å². The van der Waals surface area contributed by atoms with Crippen molar-refractivity contribution in [3.8, 4) is 11.4 Å². The van der Waals surface area contributed by atoms with Gasteiger partial charge in [0.25, 0.3) is 5.56 Å². The number of rotatable bonds is 7. The summed E-state index contributed by atoms with van der Waals surface area (Å²) in [6.07, 6.45) is 0.903. The number of fused-ring (bicyclic) bond motifs is 3. The topological polar surface area (TPSA) is 47.4 Å². The maximum absolute atomic E-state index is 13.9. The lowest BCUT2D eigenvalue weighted by atomic mass is 10.1. The minimum Gasteiger partial charge on any atom is -0.494 e. The molecule has 7 heteroatoms. The van der Waals surface area contributed by atoms with Gasteiger partial charge in [-0.25, -0.2) is 4.98 Å². The van der Waals surface area contributed by atoms with Gasteiger partial charge in [-0.05, 0) is 55.3 Å². The molecule has 0 unspecified atom stereocenters. The van der Waals surface area contributed by atoms with Gasteiger partial charge in [0, 0.05) is 23.7 Å². The van der Waals surface area contributed by atoms with Crippen LogP contribution in [0, 0.1) is 0 Å². The van der Waals surface area contributed by atoms with Crippen molar-refractivity contribution in [1.29, 1.82) is 0 Å². The van der Waals surface area contributed by atoms with Gasteiger partial charge in [-0.2, -0.15) is 0 Å². The molecular weight excluding hydrogens is 450 g/mol. The fourth-order valence-corrected chi connectivity index (χ4v) is 6.52. The Labute approximate surface area is 202 Å². The lowest BCUT2D eigenvalue weighted by Gasteiger charge is -2.25. The van der Waals surface area contributed by atoms with Crippen molar-refractivity contribution in [2.75, 3.05) is 19.7 Å². The molecule has 33 heavy (non-hydrogen) atoms. The summed E-state index contributed by atoms with van der Waals surface area (Å²) in [6.45, 7) is 7.68. The van der Waals surface area contributed by atoms with Crippen LogP contribution in [0.3, 0.4) is 0 Å². The second-order valence-corrected chi connectivity index (χ2v) is 10.1. The number of ether oxygens (including phenoxy) is 1. The van der Waals surface area contributed by atoms with Crippen LogP contribution in [-0.2, 0) is 18.7 Å². The van der Waals surface area contributed by atoms with E-state index in [1.807, 2.05) is 49.4 Å². The number of benzene rings is 2. The van der Waals surface area contributed by atoms with Crippen molar-refractivity contribution in [2.45, 2.75) is 37.7 Å². The molecule has 4 aromatic rings. The van der Waals surface area contributed by atoms with Gasteiger partial charge in [0.15, 0.2) is 5.16 Å². The number of hydrogen-bond donors (Lipinski definition) is 0. The number of thiophene rings is 1. The van der Waals surface area contributed by atoms with Gasteiger partial charge in [-0.3, -0.25) is 14.3 Å². The summed E-state index contributed by atoms with van der Waals surface area (Å²) in [7, 11) is 0. The average Bonchev–Trinajstić information content (AvgIpc) is 3.22.